The number of halogens is 1. The number of carbonyl (C=O) groups is 7. The molecule has 8 N–H and O–H groups in total. The Morgan fingerprint density at radius 1 is 0.561 bits per heavy atom. The molecular formula is C26H46IN7O7. The second-order valence-corrected chi connectivity index (χ2v) is 10.5. The van der Waals surface area contributed by atoms with Gasteiger partial charge in [-0.3, -0.25) is 33.6 Å². The van der Waals surface area contributed by atoms with Gasteiger partial charge in [0.1, 0.15) is 18.1 Å². The molecule has 0 fully saturated rings. The van der Waals surface area contributed by atoms with Crippen molar-refractivity contribution in [3.63, 3.8) is 0 Å². The van der Waals surface area contributed by atoms with Gasteiger partial charge in [0.2, 0.25) is 41.4 Å². The van der Waals surface area contributed by atoms with Crippen molar-refractivity contribution < 1.29 is 33.6 Å². The summed E-state index contributed by atoms with van der Waals surface area (Å²) in [7, 11) is 0. The lowest BCUT2D eigenvalue weighted by Crippen LogP contribution is -2.56. The minimum Gasteiger partial charge on any atom is -0.368 e. The molecule has 0 spiro atoms. The van der Waals surface area contributed by atoms with Crippen LogP contribution in [0.1, 0.15) is 78.6 Å². The van der Waals surface area contributed by atoms with E-state index in [4.69, 9.17) is 5.73 Å². The van der Waals surface area contributed by atoms with Crippen molar-refractivity contribution in [3.8, 4) is 0 Å². The standard InChI is InChI=1S/C26H46IN7O7/c1-17(35)29-13-7-4-10-20(24(28)39)33-26(41)22(12-6-9-15-31-23(38)16-27)34-25(40)21(32-19(3)37)11-5-8-14-30-18(2)36/h20-22H,4-16H2,1-3H3,(H2,28,39)(H,29,35)(H,30,36)(H,31,38)(H,32,37)(H,33,41)(H,34,40)/t20-,21-,22-/m0/s1. The molecule has 0 radical (unpaired) electrons. The molecule has 3 atom stereocenters. The molecule has 234 valence electrons. The van der Waals surface area contributed by atoms with E-state index in [9.17, 15) is 33.6 Å². The summed E-state index contributed by atoms with van der Waals surface area (Å²) in [6.45, 7) is 5.37. The molecule has 15 heteroatoms. The molecule has 0 saturated heterocycles. The molecule has 0 aromatic rings. The molecule has 0 heterocycles. The molecule has 0 aliphatic rings. The van der Waals surface area contributed by atoms with Gasteiger partial charge in [0.15, 0.2) is 0 Å². The van der Waals surface area contributed by atoms with Crippen molar-refractivity contribution in [2.24, 2.45) is 5.73 Å². The maximum absolute atomic E-state index is 13.2. The minimum absolute atomic E-state index is 0.104. The number of rotatable bonds is 22. The zero-order chi connectivity index (χ0) is 31.2. The first-order valence-electron chi connectivity index (χ1n) is 13.9. The maximum Gasteiger partial charge on any atom is 0.243 e. The van der Waals surface area contributed by atoms with Crippen molar-refractivity contribution in [1.29, 1.82) is 0 Å². The van der Waals surface area contributed by atoms with E-state index in [1.54, 1.807) is 0 Å². The predicted molar refractivity (Wildman–Crippen MR) is 161 cm³/mol. The van der Waals surface area contributed by atoms with Crippen LogP contribution in [0.15, 0.2) is 0 Å². The topological polar surface area (TPSA) is 218 Å². The largest absolute Gasteiger partial charge is 0.368 e. The second-order valence-electron chi connectivity index (χ2n) is 9.71. The number of nitrogens with two attached hydrogens (primary N) is 1. The number of nitrogens with one attached hydrogen (secondary N) is 6. The SMILES string of the molecule is CC(=O)NCCCC[C@H](NC(=O)[C@H](CCCCNC(=O)CI)NC(=O)[C@H](CCCCNC(C)=O)NC(C)=O)C(N)=O. The van der Waals surface area contributed by atoms with Crippen LogP contribution in [0.2, 0.25) is 0 Å². The van der Waals surface area contributed by atoms with Gasteiger partial charge in [-0.05, 0) is 57.8 Å². The first-order valence-corrected chi connectivity index (χ1v) is 15.4. The van der Waals surface area contributed by atoms with Crippen LogP contribution < -0.4 is 37.6 Å². The van der Waals surface area contributed by atoms with Gasteiger partial charge in [0, 0.05) is 40.4 Å². The van der Waals surface area contributed by atoms with Crippen LogP contribution in [0.3, 0.4) is 0 Å². The molecule has 0 bridgehead atoms. The van der Waals surface area contributed by atoms with Crippen LogP contribution in [-0.2, 0) is 33.6 Å². The van der Waals surface area contributed by atoms with Crippen LogP contribution in [0.5, 0.6) is 0 Å². The number of carbonyl (C=O) groups excluding carboxylic acids is 7. The summed E-state index contributed by atoms with van der Waals surface area (Å²) < 4.78 is 0.327. The molecule has 0 aromatic carbocycles. The summed E-state index contributed by atoms with van der Waals surface area (Å²) in [5.41, 5.74) is 5.51. The van der Waals surface area contributed by atoms with E-state index in [1.165, 1.54) is 20.8 Å². The van der Waals surface area contributed by atoms with Crippen LogP contribution in [-0.4, -0.2) is 83.5 Å². The third-order valence-electron chi connectivity index (χ3n) is 5.94. The average Bonchev–Trinajstić information content (AvgIpc) is 2.89. The minimum atomic E-state index is -1.01. The fourth-order valence-electron chi connectivity index (χ4n) is 3.84. The molecular weight excluding hydrogens is 649 g/mol. The lowest BCUT2D eigenvalue weighted by molar-refractivity contribution is -0.133. The van der Waals surface area contributed by atoms with Gasteiger partial charge in [-0.25, -0.2) is 0 Å². The second kappa shape index (κ2) is 22.7. The highest BCUT2D eigenvalue weighted by atomic mass is 127. The Bertz CT molecular complexity index is 888. The van der Waals surface area contributed by atoms with Gasteiger partial charge in [0.25, 0.3) is 0 Å². The Labute approximate surface area is 255 Å². The van der Waals surface area contributed by atoms with E-state index in [0.717, 1.165) is 0 Å². The van der Waals surface area contributed by atoms with Crippen molar-refractivity contribution in [2.45, 2.75) is 96.7 Å². The highest BCUT2D eigenvalue weighted by molar-refractivity contribution is 14.1. The number of hydrogen-bond acceptors (Lipinski definition) is 7. The molecule has 0 aromatic heterocycles. The highest BCUT2D eigenvalue weighted by Crippen LogP contribution is 2.08. The van der Waals surface area contributed by atoms with Crippen LogP contribution in [0, 0.1) is 0 Å². The van der Waals surface area contributed by atoms with Crippen molar-refractivity contribution in [1.82, 2.24) is 31.9 Å². The third-order valence-corrected chi connectivity index (χ3v) is 6.63. The summed E-state index contributed by atoms with van der Waals surface area (Å²) in [5.74, 6) is -2.70. The van der Waals surface area contributed by atoms with Gasteiger partial charge in [-0.1, -0.05) is 22.6 Å². The van der Waals surface area contributed by atoms with E-state index < -0.39 is 41.8 Å². The lowest BCUT2D eigenvalue weighted by Gasteiger charge is -2.25. The number of unbranched alkanes of at least 4 members (excludes halogenated alkanes) is 3. The summed E-state index contributed by atoms with van der Waals surface area (Å²) >= 11 is 1.95. The van der Waals surface area contributed by atoms with Crippen molar-refractivity contribution in [3.05, 3.63) is 0 Å². The normalized spacial score (nSPS) is 12.7. The Morgan fingerprint density at radius 3 is 1.34 bits per heavy atom. The van der Waals surface area contributed by atoms with E-state index >= 15 is 0 Å². The van der Waals surface area contributed by atoms with Crippen LogP contribution in [0.4, 0.5) is 0 Å². The lowest BCUT2D eigenvalue weighted by atomic mass is 10.0. The number of hydrogen-bond donors (Lipinski definition) is 7. The van der Waals surface area contributed by atoms with Gasteiger partial charge in [0.05, 0.1) is 4.43 Å². The zero-order valence-corrected chi connectivity index (χ0v) is 26.4. The molecule has 0 unspecified atom stereocenters. The van der Waals surface area contributed by atoms with Gasteiger partial charge < -0.3 is 37.6 Å². The summed E-state index contributed by atoms with van der Waals surface area (Å²) in [6, 6.07) is -2.88. The predicted octanol–water partition coefficient (Wildman–Crippen LogP) is -0.720. The Kier molecular flexibility index (Phi) is 21.0. The first kappa shape index (κ1) is 38.0. The maximum atomic E-state index is 13.2. The van der Waals surface area contributed by atoms with Crippen molar-refractivity contribution >= 4 is 63.9 Å². The molecule has 0 rings (SSSR count). The molecule has 0 aliphatic carbocycles. The summed E-state index contributed by atoms with van der Waals surface area (Å²) in [5, 5.41) is 16.0. The Balaban J connectivity index is 5.35. The summed E-state index contributed by atoms with van der Waals surface area (Å²) in [6.07, 6.45) is 4.05. The smallest absolute Gasteiger partial charge is 0.243 e. The first-order chi connectivity index (χ1) is 19.4. The van der Waals surface area contributed by atoms with Crippen LogP contribution in [0.25, 0.3) is 0 Å². The quantitative estimate of drug-likeness (QED) is 0.0438. The van der Waals surface area contributed by atoms with Gasteiger partial charge >= 0.3 is 0 Å². The van der Waals surface area contributed by atoms with Gasteiger partial charge in [-0.15, -0.1) is 0 Å². The van der Waals surface area contributed by atoms with E-state index in [-0.39, 0.29) is 30.6 Å². The number of alkyl halides is 1. The van der Waals surface area contributed by atoms with Crippen molar-refractivity contribution in [2.75, 3.05) is 24.1 Å². The summed E-state index contributed by atoms with van der Waals surface area (Å²) in [4.78, 5) is 83.7. The van der Waals surface area contributed by atoms with E-state index in [0.29, 0.717) is 69.0 Å². The fourth-order valence-corrected chi connectivity index (χ4v) is 4.11. The fraction of sp³-hybridized carbons (Fsp3) is 0.731. The third kappa shape index (κ3) is 20.5. The average molecular weight is 696 g/mol. The molecule has 7 amide bonds. The zero-order valence-electron chi connectivity index (χ0n) is 24.2. The molecule has 41 heavy (non-hydrogen) atoms. The number of primary amides is 1. The molecule has 14 nitrogen and oxygen atoms in total. The Morgan fingerprint density at radius 2 is 0.951 bits per heavy atom. The molecule has 0 saturated carbocycles. The molecule has 0 aliphatic heterocycles. The Hall–Kier alpha value is -2.98. The number of amides is 7. The van der Waals surface area contributed by atoms with E-state index in [2.05, 4.69) is 31.9 Å². The van der Waals surface area contributed by atoms with Crippen LogP contribution >= 0.6 is 22.6 Å². The monoisotopic (exact) mass is 695 g/mol. The van der Waals surface area contributed by atoms with Gasteiger partial charge in [-0.2, -0.15) is 0 Å². The highest BCUT2D eigenvalue weighted by Gasteiger charge is 2.28. The van der Waals surface area contributed by atoms with E-state index in [1.807, 2.05) is 22.6 Å².